The summed E-state index contributed by atoms with van der Waals surface area (Å²) in [5.74, 6) is 1.83. The van der Waals surface area contributed by atoms with Crippen molar-refractivity contribution < 1.29 is 14.3 Å². The van der Waals surface area contributed by atoms with Gasteiger partial charge >= 0.3 is 5.97 Å². The fourth-order valence-electron chi connectivity index (χ4n) is 3.38. The second-order valence-corrected chi connectivity index (χ2v) is 6.61. The molecule has 1 N–H and O–H groups in total. The molecule has 1 aromatic carbocycles. The van der Waals surface area contributed by atoms with Crippen LogP contribution in [0.15, 0.2) is 29.3 Å². The number of carbonyl (C=O) groups is 1. The van der Waals surface area contributed by atoms with Crippen molar-refractivity contribution in [3.8, 4) is 5.75 Å². The molecule has 0 bridgehead atoms. The number of methoxy groups -OCH3 is 1. The van der Waals surface area contributed by atoms with Crippen molar-refractivity contribution in [3.63, 3.8) is 0 Å². The van der Waals surface area contributed by atoms with E-state index in [1.165, 1.54) is 5.56 Å². The molecule has 0 saturated carbocycles. The Hall–Kier alpha value is -1.51. The monoisotopic (exact) mass is 489 g/mol. The number of guanidine groups is 1. The van der Waals surface area contributed by atoms with Crippen LogP contribution in [-0.2, 0) is 9.53 Å². The number of aliphatic imine (C=N–C) groups is 1. The van der Waals surface area contributed by atoms with Crippen LogP contribution in [0.4, 0.5) is 0 Å². The minimum atomic E-state index is -0.102. The van der Waals surface area contributed by atoms with Gasteiger partial charge in [0.2, 0.25) is 0 Å². The van der Waals surface area contributed by atoms with E-state index in [9.17, 15) is 4.79 Å². The smallest absolute Gasteiger partial charge is 0.310 e. The highest BCUT2D eigenvalue weighted by Gasteiger charge is 2.28. The normalized spacial score (nSPS) is 18.3. The van der Waals surface area contributed by atoms with Crippen LogP contribution >= 0.6 is 24.0 Å². The van der Waals surface area contributed by atoms with Gasteiger partial charge in [-0.15, -0.1) is 24.0 Å². The number of nitrogens with one attached hydrogen (secondary N) is 1. The number of likely N-dealkylation sites (tertiary alicyclic amines) is 1. The maximum absolute atomic E-state index is 12.1. The zero-order valence-electron chi connectivity index (χ0n) is 16.7. The zero-order valence-corrected chi connectivity index (χ0v) is 19.1. The number of ether oxygens (including phenoxy) is 2. The molecule has 7 heteroatoms. The molecule has 0 spiro atoms. The number of halogens is 1. The average Bonchev–Trinajstić information content (AvgIpc) is 2.68. The van der Waals surface area contributed by atoms with Gasteiger partial charge in [0.15, 0.2) is 5.96 Å². The fourth-order valence-corrected chi connectivity index (χ4v) is 3.38. The van der Waals surface area contributed by atoms with E-state index < -0.39 is 0 Å². The van der Waals surface area contributed by atoms with Gasteiger partial charge in [-0.2, -0.15) is 0 Å². The number of esters is 1. The second kappa shape index (κ2) is 12.0. The number of hydrogen-bond acceptors (Lipinski definition) is 4. The third-order valence-corrected chi connectivity index (χ3v) is 4.79. The van der Waals surface area contributed by atoms with Gasteiger partial charge < -0.3 is 19.7 Å². The average molecular weight is 489 g/mol. The molecule has 1 aromatic rings. The lowest BCUT2D eigenvalue weighted by Crippen LogP contribution is -2.48. The first-order valence-corrected chi connectivity index (χ1v) is 9.35. The van der Waals surface area contributed by atoms with Gasteiger partial charge in [0.25, 0.3) is 0 Å². The highest BCUT2D eigenvalue weighted by molar-refractivity contribution is 14.0. The Morgan fingerprint density at radius 2 is 2.15 bits per heavy atom. The standard InChI is InChI=1S/C20H31N3O3.HI/c1-5-26-19(24)16-9-8-12-23(14-16)20(21-3)22-13-15(2)17-10-6-7-11-18(17)25-4;/h6-7,10-11,15-16H,5,8-9,12-14H2,1-4H3,(H,21,22);1H. The molecule has 0 amide bonds. The van der Waals surface area contributed by atoms with E-state index in [4.69, 9.17) is 9.47 Å². The molecule has 1 fully saturated rings. The van der Waals surface area contributed by atoms with Gasteiger partial charge in [-0.1, -0.05) is 25.1 Å². The minimum absolute atomic E-state index is 0. The summed E-state index contributed by atoms with van der Waals surface area (Å²) in [5.41, 5.74) is 1.17. The van der Waals surface area contributed by atoms with Crippen molar-refractivity contribution in [2.24, 2.45) is 10.9 Å². The van der Waals surface area contributed by atoms with Crippen LogP contribution in [0.1, 0.15) is 38.2 Å². The molecule has 27 heavy (non-hydrogen) atoms. The molecular formula is C20H32IN3O3. The zero-order chi connectivity index (χ0) is 18.9. The summed E-state index contributed by atoms with van der Waals surface area (Å²) in [4.78, 5) is 18.6. The van der Waals surface area contributed by atoms with E-state index in [2.05, 4.69) is 28.2 Å². The summed E-state index contributed by atoms with van der Waals surface area (Å²) in [5, 5.41) is 3.45. The summed E-state index contributed by atoms with van der Waals surface area (Å²) in [7, 11) is 3.48. The number of benzene rings is 1. The Balaban J connectivity index is 0.00000364. The second-order valence-electron chi connectivity index (χ2n) is 6.61. The quantitative estimate of drug-likeness (QED) is 0.288. The number of nitrogens with zero attached hydrogens (tertiary/aromatic N) is 2. The lowest BCUT2D eigenvalue weighted by atomic mass is 9.98. The van der Waals surface area contributed by atoms with E-state index in [1.54, 1.807) is 14.2 Å². The molecule has 2 rings (SSSR count). The Labute approximate surface area is 179 Å². The van der Waals surface area contributed by atoms with Gasteiger partial charge in [-0.25, -0.2) is 0 Å². The van der Waals surface area contributed by atoms with Crippen LogP contribution in [0, 0.1) is 5.92 Å². The number of hydrogen-bond donors (Lipinski definition) is 1. The summed E-state index contributed by atoms with van der Waals surface area (Å²) in [6.07, 6.45) is 1.84. The van der Waals surface area contributed by atoms with E-state index in [0.717, 1.165) is 37.6 Å². The molecule has 1 heterocycles. The van der Waals surface area contributed by atoms with Crippen molar-refractivity contribution >= 4 is 35.9 Å². The van der Waals surface area contributed by atoms with Gasteiger partial charge in [0.1, 0.15) is 5.75 Å². The summed E-state index contributed by atoms with van der Waals surface area (Å²) >= 11 is 0. The van der Waals surface area contributed by atoms with Crippen molar-refractivity contribution in [2.75, 3.05) is 40.4 Å². The van der Waals surface area contributed by atoms with Gasteiger partial charge in [-0.3, -0.25) is 9.79 Å². The first-order valence-electron chi connectivity index (χ1n) is 9.35. The Morgan fingerprint density at radius 1 is 1.41 bits per heavy atom. The molecule has 1 aliphatic rings. The van der Waals surface area contributed by atoms with Crippen molar-refractivity contribution in [3.05, 3.63) is 29.8 Å². The van der Waals surface area contributed by atoms with Crippen LogP contribution in [0.5, 0.6) is 5.75 Å². The van der Waals surface area contributed by atoms with Crippen molar-refractivity contribution in [2.45, 2.75) is 32.6 Å². The fraction of sp³-hybridized carbons (Fsp3) is 0.600. The molecule has 1 saturated heterocycles. The predicted molar refractivity (Wildman–Crippen MR) is 119 cm³/mol. The number of rotatable bonds is 6. The lowest BCUT2D eigenvalue weighted by Gasteiger charge is -2.34. The molecule has 0 aliphatic carbocycles. The third kappa shape index (κ3) is 6.55. The van der Waals surface area contributed by atoms with E-state index in [-0.39, 0.29) is 41.8 Å². The van der Waals surface area contributed by atoms with E-state index >= 15 is 0 Å². The van der Waals surface area contributed by atoms with Crippen LogP contribution in [0.2, 0.25) is 0 Å². The van der Waals surface area contributed by atoms with Crippen LogP contribution in [0.25, 0.3) is 0 Å². The molecule has 1 aliphatic heterocycles. The van der Waals surface area contributed by atoms with Gasteiger partial charge in [-0.05, 0) is 31.4 Å². The van der Waals surface area contributed by atoms with Crippen molar-refractivity contribution in [1.82, 2.24) is 10.2 Å². The maximum Gasteiger partial charge on any atom is 0.310 e. The van der Waals surface area contributed by atoms with Crippen LogP contribution in [-0.4, -0.2) is 57.2 Å². The molecule has 0 aromatic heterocycles. The maximum atomic E-state index is 12.1. The highest BCUT2D eigenvalue weighted by atomic mass is 127. The minimum Gasteiger partial charge on any atom is -0.496 e. The number of piperidine rings is 1. The molecule has 6 nitrogen and oxygen atoms in total. The number of carbonyl (C=O) groups excluding carboxylic acids is 1. The van der Waals surface area contributed by atoms with Crippen LogP contribution < -0.4 is 10.1 Å². The van der Waals surface area contributed by atoms with E-state index in [0.29, 0.717) is 13.2 Å². The SMILES string of the molecule is CCOC(=O)C1CCCN(C(=NC)NCC(C)c2ccccc2OC)C1.I. The predicted octanol–water partition coefficient (Wildman–Crippen LogP) is 3.27. The summed E-state index contributed by atoms with van der Waals surface area (Å²) < 4.78 is 10.6. The molecule has 0 radical (unpaired) electrons. The largest absolute Gasteiger partial charge is 0.496 e. The van der Waals surface area contributed by atoms with Gasteiger partial charge in [0, 0.05) is 32.6 Å². The highest BCUT2D eigenvalue weighted by Crippen LogP contribution is 2.25. The van der Waals surface area contributed by atoms with E-state index in [1.807, 2.05) is 25.1 Å². The Bertz CT molecular complexity index is 624. The molecule has 2 unspecified atom stereocenters. The molecule has 2 atom stereocenters. The van der Waals surface area contributed by atoms with Gasteiger partial charge in [0.05, 0.1) is 19.6 Å². The number of para-hydroxylation sites is 1. The topological polar surface area (TPSA) is 63.2 Å². The molecule has 152 valence electrons. The van der Waals surface area contributed by atoms with Crippen LogP contribution in [0.3, 0.4) is 0 Å². The summed E-state index contributed by atoms with van der Waals surface area (Å²) in [6.45, 7) is 6.74. The first kappa shape index (κ1) is 23.5. The van der Waals surface area contributed by atoms with Crippen molar-refractivity contribution in [1.29, 1.82) is 0 Å². The third-order valence-electron chi connectivity index (χ3n) is 4.79. The summed E-state index contributed by atoms with van der Waals surface area (Å²) in [6, 6.07) is 8.07. The lowest BCUT2D eigenvalue weighted by molar-refractivity contribution is -0.149. The molecular weight excluding hydrogens is 457 g/mol. The first-order chi connectivity index (χ1) is 12.6. The Morgan fingerprint density at radius 3 is 2.81 bits per heavy atom. The Kier molecular flexibility index (Phi) is 10.5.